The van der Waals surface area contributed by atoms with Crippen molar-refractivity contribution in [2.24, 2.45) is 5.92 Å². The monoisotopic (exact) mass is 688 g/mol. The van der Waals surface area contributed by atoms with Gasteiger partial charge in [0, 0.05) is 34.0 Å². The predicted octanol–water partition coefficient (Wildman–Crippen LogP) is 3.74. The van der Waals surface area contributed by atoms with Gasteiger partial charge in [0.25, 0.3) is 0 Å². The lowest BCUT2D eigenvalue weighted by molar-refractivity contribution is -0.369. The van der Waals surface area contributed by atoms with E-state index in [-0.39, 0.29) is 26.2 Å². The van der Waals surface area contributed by atoms with E-state index >= 15 is 0 Å². The molecule has 4 rings (SSSR count). The standard InChI is InChI=1S/C36H48O13/c1-8-36(35(39)42-7)22(2)28(40-5)31(41-6)34(49-36)48-29-27(21-43-19-25-15-11-9-12-16-25)47-33(46-24(4)38)32(30(29)45-23(3)37)44-20-26-17-13-10-14-18-26/h9-18,22,27-34H,8,19-21H2,1-7H3/t22-,27?,28+,29+,30+,31?,32?,33?,34-,36?/m1/s1. The molecule has 2 aliphatic rings. The molecule has 0 bridgehead atoms. The maximum Gasteiger partial charge on any atom is 0.338 e. The number of rotatable bonds is 15. The fraction of sp³-hybridized carbons (Fsp3) is 0.583. The Bertz CT molecular complexity index is 1340. The molecule has 5 unspecified atom stereocenters. The van der Waals surface area contributed by atoms with Crippen LogP contribution in [-0.4, -0.2) is 101 Å². The van der Waals surface area contributed by atoms with E-state index in [0.29, 0.717) is 0 Å². The molecule has 2 aromatic rings. The molecule has 0 N–H and O–H groups in total. The molecule has 0 aliphatic carbocycles. The average molecular weight is 689 g/mol. The number of benzene rings is 2. The highest BCUT2D eigenvalue weighted by atomic mass is 16.8. The maximum absolute atomic E-state index is 13.3. The summed E-state index contributed by atoms with van der Waals surface area (Å²) in [5, 5.41) is 0. The van der Waals surface area contributed by atoms with Gasteiger partial charge in [-0.15, -0.1) is 0 Å². The predicted molar refractivity (Wildman–Crippen MR) is 173 cm³/mol. The summed E-state index contributed by atoms with van der Waals surface area (Å²) in [5.41, 5.74) is 0.254. The summed E-state index contributed by atoms with van der Waals surface area (Å²) >= 11 is 0. The van der Waals surface area contributed by atoms with Crippen molar-refractivity contribution in [1.29, 1.82) is 0 Å². The summed E-state index contributed by atoms with van der Waals surface area (Å²) in [6, 6.07) is 18.8. The number of hydrogen-bond acceptors (Lipinski definition) is 13. The van der Waals surface area contributed by atoms with Crippen LogP contribution in [0.4, 0.5) is 0 Å². The molecular formula is C36H48O13. The van der Waals surface area contributed by atoms with Gasteiger partial charge in [0.1, 0.15) is 18.3 Å². The fourth-order valence-electron chi connectivity index (χ4n) is 6.46. The molecule has 0 saturated carbocycles. The first-order chi connectivity index (χ1) is 23.6. The van der Waals surface area contributed by atoms with Crippen molar-refractivity contribution in [3.05, 3.63) is 71.8 Å². The molecule has 10 atom stereocenters. The number of esters is 3. The van der Waals surface area contributed by atoms with E-state index in [1.807, 2.05) is 67.6 Å². The third-order valence-electron chi connectivity index (χ3n) is 8.89. The van der Waals surface area contributed by atoms with Crippen LogP contribution in [-0.2, 0) is 75.0 Å². The van der Waals surface area contributed by atoms with E-state index in [9.17, 15) is 14.4 Å². The van der Waals surface area contributed by atoms with Gasteiger partial charge in [-0.3, -0.25) is 9.59 Å². The smallest absolute Gasteiger partial charge is 0.338 e. The van der Waals surface area contributed by atoms with Gasteiger partial charge >= 0.3 is 17.9 Å². The number of carbonyl (C=O) groups is 3. The van der Waals surface area contributed by atoms with Crippen molar-refractivity contribution >= 4 is 17.9 Å². The van der Waals surface area contributed by atoms with Crippen molar-refractivity contribution in [3.63, 3.8) is 0 Å². The molecule has 2 aliphatic heterocycles. The molecule has 2 aromatic carbocycles. The summed E-state index contributed by atoms with van der Waals surface area (Å²) < 4.78 is 60.3. The lowest BCUT2D eigenvalue weighted by Crippen LogP contribution is -2.68. The molecule has 2 saturated heterocycles. The zero-order chi connectivity index (χ0) is 35.6. The Morgan fingerprint density at radius 3 is 1.86 bits per heavy atom. The first-order valence-electron chi connectivity index (χ1n) is 16.3. The molecule has 13 heteroatoms. The summed E-state index contributed by atoms with van der Waals surface area (Å²) in [6.07, 6.45) is -8.35. The van der Waals surface area contributed by atoms with E-state index in [1.165, 1.54) is 35.2 Å². The van der Waals surface area contributed by atoms with Gasteiger partial charge in [-0.2, -0.15) is 0 Å². The Kier molecular flexibility index (Phi) is 14.1. The highest BCUT2D eigenvalue weighted by Gasteiger charge is 2.60. The molecule has 0 aromatic heterocycles. The molecule has 2 fully saturated rings. The normalized spacial score (nSPS) is 31.4. The number of carbonyl (C=O) groups excluding carboxylic acids is 3. The molecular weight excluding hydrogens is 640 g/mol. The van der Waals surface area contributed by atoms with E-state index in [4.69, 9.17) is 47.4 Å². The topological polar surface area (TPSA) is 144 Å². The molecule has 2 heterocycles. The van der Waals surface area contributed by atoms with Crippen LogP contribution in [0.15, 0.2) is 60.7 Å². The summed E-state index contributed by atoms with van der Waals surface area (Å²) in [7, 11) is 4.27. The minimum absolute atomic E-state index is 0.0669. The second kappa shape index (κ2) is 18.0. The van der Waals surface area contributed by atoms with Crippen molar-refractivity contribution in [2.45, 2.75) is 102 Å². The van der Waals surface area contributed by atoms with E-state index in [0.717, 1.165) is 11.1 Å². The van der Waals surface area contributed by atoms with Gasteiger partial charge in [0.2, 0.25) is 6.29 Å². The summed E-state index contributed by atoms with van der Waals surface area (Å²) in [4.78, 5) is 38.3. The van der Waals surface area contributed by atoms with Gasteiger partial charge in [-0.25, -0.2) is 4.79 Å². The first-order valence-corrected chi connectivity index (χ1v) is 16.3. The molecule has 270 valence electrons. The highest BCUT2D eigenvalue weighted by Crippen LogP contribution is 2.42. The van der Waals surface area contributed by atoms with Gasteiger partial charge in [-0.05, 0) is 17.5 Å². The molecule has 13 nitrogen and oxygen atoms in total. The molecule has 0 spiro atoms. The highest BCUT2D eigenvalue weighted by molar-refractivity contribution is 5.80. The molecule has 49 heavy (non-hydrogen) atoms. The second-order valence-electron chi connectivity index (χ2n) is 12.0. The van der Waals surface area contributed by atoms with Gasteiger partial charge in [-0.1, -0.05) is 74.5 Å². The number of hydrogen-bond donors (Lipinski definition) is 0. The zero-order valence-electron chi connectivity index (χ0n) is 29.1. The third-order valence-corrected chi connectivity index (χ3v) is 8.89. The molecule has 0 radical (unpaired) electrons. The third kappa shape index (κ3) is 9.23. The number of methoxy groups -OCH3 is 3. The van der Waals surface area contributed by atoms with Crippen LogP contribution < -0.4 is 0 Å². The Balaban J connectivity index is 1.75. The van der Waals surface area contributed by atoms with Crippen molar-refractivity contribution in [3.8, 4) is 0 Å². The number of ether oxygens (including phenoxy) is 10. The van der Waals surface area contributed by atoms with Crippen molar-refractivity contribution in [1.82, 2.24) is 0 Å². The van der Waals surface area contributed by atoms with Gasteiger partial charge in [0.05, 0.1) is 33.0 Å². The van der Waals surface area contributed by atoms with E-state index in [1.54, 1.807) is 6.92 Å². The van der Waals surface area contributed by atoms with Crippen LogP contribution >= 0.6 is 0 Å². The second-order valence-corrected chi connectivity index (χ2v) is 12.0. The lowest BCUT2D eigenvalue weighted by atomic mass is 9.77. The Morgan fingerprint density at radius 1 is 0.735 bits per heavy atom. The van der Waals surface area contributed by atoms with Gasteiger partial charge in [0.15, 0.2) is 24.1 Å². The minimum atomic E-state index is -1.47. The Morgan fingerprint density at radius 2 is 1.33 bits per heavy atom. The Hall–Kier alpha value is -3.43. The van der Waals surface area contributed by atoms with Crippen LogP contribution in [0, 0.1) is 5.92 Å². The average Bonchev–Trinajstić information content (AvgIpc) is 3.09. The van der Waals surface area contributed by atoms with Crippen LogP contribution in [0.5, 0.6) is 0 Å². The summed E-state index contributed by atoms with van der Waals surface area (Å²) in [5.74, 6) is -2.40. The summed E-state index contributed by atoms with van der Waals surface area (Å²) in [6.45, 7) is 6.32. The van der Waals surface area contributed by atoms with Crippen molar-refractivity contribution in [2.75, 3.05) is 27.9 Å². The molecule has 0 amide bonds. The Labute approximate surface area is 287 Å². The fourth-order valence-corrected chi connectivity index (χ4v) is 6.46. The van der Waals surface area contributed by atoms with E-state index < -0.39 is 78.6 Å². The van der Waals surface area contributed by atoms with Crippen LogP contribution in [0.2, 0.25) is 0 Å². The SMILES string of the molecule is CCC1(C(=O)OC)O[C@@H](O[C@H]2C(COCc3ccccc3)OC(OC(C)=O)C(OCc3ccccc3)[C@H]2OC(C)=O)C(OC)[C@@H](OC)[C@H]1C. The van der Waals surface area contributed by atoms with Crippen LogP contribution in [0.1, 0.15) is 45.2 Å². The van der Waals surface area contributed by atoms with Crippen molar-refractivity contribution < 1.29 is 61.8 Å². The van der Waals surface area contributed by atoms with Crippen LogP contribution in [0.3, 0.4) is 0 Å². The quantitative estimate of drug-likeness (QED) is 0.198. The first kappa shape index (κ1) is 38.4. The van der Waals surface area contributed by atoms with Crippen LogP contribution in [0.25, 0.3) is 0 Å². The largest absolute Gasteiger partial charge is 0.467 e. The zero-order valence-corrected chi connectivity index (χ0v) is 29.1. The van der Waals surface area contributed by atoms with E-state index in [2.05, 4.69) is 0 Å². The lowest BCUT2D eigenvalue weighted by Gasteiger charge is -2.52. The maximum atomic E-state index is 13.3. The van der Waals surface area contributed by atoms with Gasteiger partial charge < -0.3 is 47.4 Å². The minimum Gasteiger partial charge on any atom is -0.467 e.